The van der Waals surface area contributed by atoms with E-state index in [1.165, 1.54) is 23.6 Å². The summed E-state index contributed by atoms with van der Waals surface area (Å²) in [6.07, 6.45) is -2.05. The van der Waals surface area contributed by atoms with Crippen LogP contribution in [0.3, 0.4) is 0 Å². The molecule has 0 aliphatic heterocycles. The summed E-state index contributed by atoms with van der Waals surface area (Å²) in [6.45, 7) is 12.5. The van der Waals surface area contributed by atoms with Gasteiger partial charge in [0.1, 0.15) is 25.4 Å². The second-order valence-corrected chi connectivity index (χ2v) is 10.2. The van der Waals surface area contributed by atoms with Gasteiger partial charge in [-0.2, -0.15) is 0 Å². The van der Waals surface area contributed by atoms with Gasteiger partial charge in [0.25, 0.3) is 0 Å². The van der Waals surface area contributed by atoms with Gasteiger partial charge >= 0.3 is 35.0 Å². The predicted molar refractivity (Wildman–Crippen MR) is 166 cm³/mol. The van der Waals surface area contributed by atoms with Gasteiger partial charge < -0.3 is 49.3 Å². The molecule has 0 aliphatic rings. The Kier molecular flexibility index (Phi) is 19.1. The Morgan fingerprint density at radius 3 is 1.22 bits per heavy atom. The maximum absolute atomic E-state index is 11.3. The van der Waals surface area contributed by atoms with E-state index in [0.29, 0.717) is 11.4 Å². The van der Waals surface area contributed by atoms with Crippen LogP contribution >= 0.6 is 0 Å². The molecular formula is C32H40MgN2O10. The molecule has 2 aromatic carbocycles. The summed E-state index contributed by atoms with van der Waals surface area (Å²) in [4.78, 5) is 47.2. The predicted octanol–water partition coefficient (Wildman–Crippen LogP) is -0.318. The molecule has 2 rings (SSSR count). The third-order valence-electron chi connectivity index (χ3n) is 5.81. The topological polar surface area (TPSA) is 180 Å². The fourth-order valence-corrected chi connectivity index (χ4v) is 3.55. The van der Waals surface area contributed by atoms with E-state index in [0.717, 1.165) is 11.1 Å². The van der Waals surface area contributed by atoms with E-state index in [9.17, 15) is 39.6 Å². The number of hydrogen-bond acceptors (Lipinski definition) is 12. The van der Waals surface area contributed by atoms with E-state index in [1.54, 1.807) is 24.3 Å². The van der Waals surface area contributed by atoms with Gasteiger partial charge in [0, 0.05) is 35.6 Å². The number of benzene rings is 2. The van der Waals surface area contributed by atoms with Crippen LogP contribution in [0, 0.1) is 13.8 Å². The Bertz CT molecular complexity index is 1180. The van der Waals surface area contributed by atoms with Crippen molar-refractivity contribution in [2.45, 2.75) is 39.9 Å². The molecule has 45 heavy (non-hydrogen) atoms. The first-order valence-corrected chi connectivity index (χ1v) is 13.6. The van der Waals surface area contributed by atoms with Crippen molar-refractivity contribution in [2.75, 3.05) is 49.2 Å². The number of esters is 2. The van der Waals surface area contributed by atoms with Gasteiger partial charge in [0.05, 0.1) is 25.0 Å². The number of carboxylic acids is 2. The molecule has 12 nitrogen and oxygen atoms in total. The molecule has 0 bridgehead atoms. The first kappa shape index (κ1) is 41.1. The third-order valence-corrected chi connectivity index (χ3v) is 5.81. The summed E-state index contributed by atoms with van der Waals surface area (Å²) in [5.41, 5.74) is 3.82. The molecular weight excluding hydrogens is 597 g/mol. The van der Waals surface area contributed by atoms with E-state index < -0.39 is 36.1 Å². The molecule has 0 aliphatic carbocycles. The van der Waals surface area contributed by atoms with E-state index >= 15 is 0 Å². The first-order valence-electron chi connectivity index (χ1n) is 13.6. The maximum atomic E-state index is 11.3. The molecule has 0 heterocycles. The number of anilines is 2. The van der Waals surface area contributed by atoms with Gasteiger partial charge in [-0.25, -0.2) is 9.59 Å². The summed E-state index contributed by atoms with van der Waals surface area (Å²) in [5, 5.41) is 41.5. The zero-order chi connectivity index (χ0) is 33.4. The number of carbonyl (C=O) groups is 4. The maximum Gasteiger partial charge on any atom is 2.00 e. The van der Waals surface area contributed by atoms with Crippen LogP contribution in [-0.2, 0) is 28.7 Å². The summed E-state index contributed by atoms with van der Waals surface area (Å²) < 4.78 is 9.70. The minimum absolute atomic E-state index is 0. The Hall–Kier alpha value is -3.91. The van der Waals surface area contributed by atoms with Crippen molar-refractivity contribution in [2.24, 2.45) is 0 Å². The smallest absolute Gasteiger partial charge is 0.548 e. The van der Waals surface area contributed by atoms with Gasteiger partial charge in [-0.1, -0.05) is 48.6 Å². The average Bonchev–Trinajstić information content (AvgIpc) is 2.94. The van der Waals surface area contributed by atoms with Crippen LogP contribution in [-0.4, -0.2) is 109 Å². The molecule has 240 valence electrons. The molecule has 0 amide bonds. The number of aryl methyl sites for hydroxylation is 2. The Labute approximate surface area is 279 Å². The van der Waals surface area contributed by atoms with Crippen LogP contribution in [0.15, 0.2) is 72.8 Å². The minimum atomic E-state index is -1.26. The molecule has 0 saturated carbocycles. The zero-order valence-electron chi connectivity index (χ0n) is 26.2. The van der Waals surface area contributed by atoms with E-state index in [2.05, 4.69) is 13.2 Å². The van der Waals surface area contributed by atoms with Crippen LogP contribution in [0.1, 0.15) is 25.0 Å². The average molecular weight is 637 g/mol. The number of aliphatic hydroxyl groups is 2. The SMILES string of the molecule is C=C(C)C(=O)OCC(O)CN(CC(=O)[O-])c1ccc(C)cc1.C=C(C)C(=O)OCC(O)CN(CC(=O)[O-])c1ccc(C)cc1.[Mg+2]. The molecule has 2 atom stereocenters. The monoisotopic (exact) mass is 636 g/mol. The Morgan fingerprint density at radius 2 is 0.978 bits per heavy atom. The minimum Gasteiger partial charge on any atom is -0.548 e. The quantitative estimate of drug-likeness (QED) is 0.140. The van der Waals surface area contributed by atoms with Crippen molar-refractivity contribution in [3.63, 3.8) is 0 Å². The number of carbonyl (C=O) groups excluding carboxylic acids is 4. The van der Waals surface area contributed by atoms with Crippen LogP contribution < -0.4 is 20.0 Å². The van der Waals surface area contributed by atoms with Gasteiger partial charge in [0.15, 0.2) is 0 Å². The molecule has 13 heteroatoms. The molecule has 2 unspecified atom stereocenters. The van der Waals surface area contributed by atoms with Crippen molar-refractivity contribution in [1.29, 1.82) is 0 Å². The standard InChI is InChI=1S/2C16H21NO5.Mg/c2*1-11(2)16(21)22-10-14(18)8-17(9-15(19)20)13-6-4-12(3)5-7-13;/h2*4-7,14,18H,1,8-10H2,2-3H3,(H,19,20);/q;;+2/p-2. The van der Waals surface area contributed by atoms with Crippen LogP contribution in [0.5, 0.6) is 0 Å². The normalized spacial score (nSPS) is 11.3. The number of hydrogen-bond donors (Lipinski definition) is 2. The number of aliphatic hydroxyl groups excluding tert-OH is 2. The largest absolute Gasteiger partial charge is 2.00 e. The van der Waals surface area contributed by atoms with Crippen molar-refractivity contribution >= 4 is 58.3 Å². The third kappa shape index (κ3) is 17.2. The van der Waals surface area contributed by atoms with E-state index in [4.69, 9.17) is 9.47 Å². The fourth-order valence-electron chi connectivity index (χ4n) is 3.55. The number of aliphatic carboxylic acids is 2. The second-order valence-electron chi connectivity index (χ2n) is 10.2. The number of carboxylic acid groups (broad SMARTS) is 2. The molecule has 0 fully saturated rings. The van der Waals surface area contributed by atoms with Gasteiger partial charge in [-0.3, -0.25) is 0 Å². The molecule has 2 aromatic rings. The Balaban J connectivity index is 0.000000842. The summed E-state index contributed by atoms with van der Waals surface area (Å²) in [7, 11) is 0. The molecule has 0 aromatic heterocycles. The van der Waals surface area contributed by atoms with Crippen LogP contribution in [0.2, 0.25) is 0 Å². The molecule has 0 radical (unpaired) electrons. The van der Waals surface area contributed by atoms with Gasteiger partial charge in [-0.05, 0) is 52.0 Å². The zero-order valence-corrected chi connectivity index (χ0v) is 27.6. The molecule has 0 saturated heterocycles. The van der Waals surface area contributed by atoms with Crippen LogP contribution in [0.4, 0.5) is 11.4 Å². The summed E-state index contributed by atoms with van der Waals surface area (Å²) in [6, 6.07) is 14.4. The number of ether oxygens (including phenoxy) is 2. The number of rotatable bonds is 16. The molecule has 0 spiro atoms. The van der Waals surface area contributed by atoms with Gasteiger partial charge in [-0.15, -0.1) is 0 Å². The second kappa shape index (κ2) is 20.9. The summed E-state index contributed by atoms with van der Waals surface area (Å²) >= 11 is 0. The Morgan fingerprint density at radius 1 is 0.689 bits per heavy atom. The van der Waals surface area contributed by atoms with E-state index in [1.807, 2.05) is 38.1 Å². The molecule has 2 N–H and O–H groups in total. The summed E-state index contributed by atoms with van der Waals surface area (Å²) in [5.74, 6) is -3.71. The van der Waals surface area contributed by atoms with Crippen molar-refractivity contribution in [3.05, 3.63) is 84.0 Å². The van der Waals surface area contributed by atoms with E-state index in [-0.39, 0.29) is 73.6 Å². The van der Waals surface area contributed by atoms with Crippen molar-refractivity contribution in [3.8, 4) is 0 Å². The fraction of sp³-hybridized carbons (Fsp3) is 0.375. The van der Waals surface area contributed by atoms with Crippen molar-refractivity contribution in [1.82, 2.24) is 0 Å². The van der Waals surface area contributed by atoms with Crippen molar-refractivity contribution < 1.29 is 49.1 Å². The van der Waals surface area contributed by atoms with Gasteiger partial charge in [0.2, 0.25) is 0 Å². The van der Waals surface area contributed by atoms with Crippen LogP contribution in [0.25, 0.3) is 0 Å². The number of nitrogens with zero attached hydrogens (tertiary/aromatic N) is 2. The first-order chi connectivity index (χ1) is 20.6.